The van der Waals surface area contributed by atoms with E-state index >= 15 is 0 Å². The first-order valence-corrected chi connectivity index (χ1v) is 6.79. The summed E-state index contributed by atoms with van der Waals surface area (Å²) in [5, 5.41) is 10.1. The number of nitrogens with zero attached hydrogens (tertiary/aromatic N) is 1. The van der Waals surface area contributed by atoms with Crippen LogP contribution in [0, 0.1) is 0 Å². The van der Waals surface area contributed by atoms with Gasteiger partial charge in [0.1, 0.15) is 0 Å². The van der Waals surface area contributed by atoms with Gasteiger partial charge in [0.05, 0.1) is 12.2 Å². The lowest BCUT2D eigenvalue weighted by molar-refractivity contribution is 0.0740. The number of aliphatic hydroxyl groups excluding tert-OH is 1. The molecular formula is C15H23NO2. The molecule has 1 aromatic carbocycles. The van der Waals surface area contributed by atoms with E-state index < -0.39 is 0 Å². The van der Waals surface area contributed by atoms with Crippen LogP contribution in [0.25, 0.3) is 0 Å². The Balaban J connectivity index is 1.70. The third kappa shape index (κ3) is 4.09. The second kappa shape index (κ2) is 6.88. The standard InChI is InChI=1S/C15H23NO2/c1-16(12-14-8-5-11-18-14)10-9-15(17)13-6-3-2-4-7-13/h2-4,6-7,14-15,17H,5,8-12H2,1H3. The molecule has 0 saturated carbocycles. The summed E-state index contributed by atoms with van der Waals surface area (Å²) >= 11 is 0. The molecule has 2 atom stereocenters. The quantitative estimate of drug-likeness (QED) is 0.839. The van der Waals surface area contributed by atoms with Gasteiger partial charge in [0.25, 0.3) is 0 Å². The Hall–Kier alpha value is -0.900. The smallest absolute Gasteiger partial charge is 0.0802 e. The van der Waals surface area contributed by atoms with Crippen LogP contribution in [-0.4, -0.2) is 42.9 Å². The van der Waals surface area contributed by atoms with Crippen molar-refractivity contribution in [1.82, 2.24) is 4.90 Å². The van der Waals surface area contributed by atoms with Crippen molar-refractivity contribution < 1.29 is 9.84 Å². The molecule has 2 unspecified atom stereocenters. The van der Waals surface area contributed by atoms with Gasteiger partial charge in [-0.25, -0.2) is 0 Å². The van der Waals surface area contributed by atoms with E-state index in [1.165, 1.54) is 12.8 Å². The van der Waals surface area contributed by atoms with Crippen LogP contribution in [0.2, 0.25) is 0 Å². The van der Waals surface area contributed by atoms with E-state index in [9.17, 15) is 5.11 Å². The monoisotopic (exact) mass is 249 g/mol. The molecule has 0 radical (unpaired) electrons. The first kappa shape index (κ1) is 13.5. The van der Waals surface area contributed by atoms with E-state index in [0.717, 1.165) is 31.7 Å². The van der Waals surface area contributed by atoms with Gasteiger partial charge in [-0.05, 0) is 31.9 Å². The molecule has 1 aliphatic rings. The van der Waals surface area contributed by atoms with Crippen molar-refractivity contribution in [2.75, 3.05) is 26.7 Å². The van der Waals surface area contributed by atoms with E-state index in [-0.39, 0.29) is 6.10 Å². The van der Waals surface area contributed by atoms with Crippen LogP contribution < -0.4 is 0 Å². The minimum absolute atomic E-state index is 0.363. The van der Waals surface area contributed by atoms with E-state index in [1.807, 2.05) is 30.3 Å². The summed E-state index contributed by atoms with van der Waals surface area (Å²) in [6.07, 6.45) is 3.16. The lowest BCUT2D eigenvalue weighted by Crippen LogP contribution is -2.30. The molecule has 0 bridgehead atoms. The van der Waals surface area contributed by atoms with Crippen LogP contribution in [-0.2, 0) is 4.74 Å². The zero-order valence-corrected chi connectivity index (χ0v) is 11.1. The van der Waals surface area contributed by atoms with Crippen LogP contribution >= 0.6 is 0 Å². The average molecular weight is 249 g/mol. The summed E-state index contributed by atoms with van der Waals surface area (Å²) in [7, 11) is 2.10. The predicted octanol–water partition coefficient (Wildman–Crippen LogP) is 2.22. The Labute approximate surface area is 109 Å². The highest BCUT2D eigenvalue weighted by Gasteiger charge is 2.17. The normalized spacial score (nSPS) is 21.4. The van der Waals surface area contributed by atoms with Gasteiger partial charge in [0, 0.05) is 19.7 Å². The number of likely N-dealkylation sites (N-methyl/N-ethyl adjacent to an activating group) is 1. The molecule has 3 nitrogen and oxygen atoms in total. The van der Waals surface area contributed by atoms with E-state index in [0.29, 0.717) is 6.10 Å². The highest BCUT2D eigenvalue weighted by Crippen LogP contribution is 2.17. The number of benzene rings is 1. The van der Waals surface area contributed by atoms with Gasteiger partial charge in [-0.2, -0.15) is 0 Å². The maximum absolute atomic E-state index is 10.1. The Morgan fingerprint density at radius 2 is 2.17 bits per heavy atom. The summed E-state index contributed by atoms with van der Waals surface area (Å²) in [6, 6.07) is 9.86. The van der Waals surface area contributed by atoms with Crippen molar-refractivity contribution in [1.29, 1.82) is 0 Å². The molecule has 0 amide bonds. The summed E-state index contributed by atoms with van der Waals surface area (Å²) in [4.78, 5) is 2.25. The number of hydrogen-bond acceptors (Lipinski definition) is 3. The molecule has 100 valence electrons. The second-order valence-corrected chi connectivity index (χ2v) is 5.11. The van der Waals surface area contributed by atoms with Gasteiger partial charge in [0.2, 0.25) is 0 Å². The van der Waals surface area contributed by atoms with Crippen LogP contribution in [0.15, 0.2) is 30.3 Å². The number of ether oxygens (including phenoxy) is 1. The van der Waals surface area contributed by atoms with Crippen molar-refractivity contribution in [3.63, 3.8) is 0 Å². The first-order valence-electron chi connectivity index (χ1n) is 6.79. The molecule has 2 rings (SSSR count). The largest absolute Gasteiger partial charge is 0.388 e. The van der Waals surface area contributed by atoms with Crippen molar-refractivity contribution in [2.24, 2.45) is 0 Å². The molecule has 1 aromatic rings. The van der Waals surface area contributed by atoms with Crippen LogP contribution in [0.3, 0.4) is 0 Å². The van der Waals surface area contributed by atoms with Gasteiger partial charge >= 0.3 is 0 Å². The van der Waals surface area contributed by atoms with Crippen molar-refractivity contribution in [3.05, 3.63) is 35.9 Å². The lowest BCUT2D eigenvalue weighted by Gasteiger charge is -2.21. The maximum atomic E-state index is 10.1. The van der Waals surface area contributed by atoms with Gasteiger partial charge in [-0.15, -0.1) is 0 Å². The van der Waals surface area contributed by atoms with Crippen LogP contribution in [0.4, 0.5) is 0 Å². The molecule has 18 heavy (non-hydrogen) atoms. The zero-order chi connectivity index (χ0) is 12.8. The molecule has 1 heterocycles. The summed E-state index contributed by atoms with van der Waals surface area (Å²) in [5.74, 6) is 0. The molecule has 0 aromatic heterocycles. The topological polar surface area (TPSA) is 32.7 Å². The third-order valence-corrected chi connectivity index (χ3v) is 3.51. The van der Waals surface area contributed by atoms with E-state index in [4.69, 9.17) is 4.74 Å². The average Bonchev–Trinajstić information content (AvgIpc) is 2.90. The molecule has 0 aliphatic carbocycles. The first-order chi connectivity index (χ1) is 8.75. The lowest BCUT2D eigenvalue weighted by atomic mass is 10.1. The molecule has 3 heteroatoms. The van der Waals surface area contributed by atoms with Crippen molar-refractivity contribution in [3.8, 4) is 0 Å². The molecule has 1 saturated heterocycles. The summed E-state index contributed by atoms with van der Waals surface area (Å²) in [6.45, 7) is 2.78. The molecule has 1 fully saturated rings. The number of rotatable bonds is 6. The Kier molecular flexibility index (Phi) is 5.17. The van der Waals surface area contributed by atoms with E-state index in [1.54, 1.807) is 0 Å². The SMILES string of the molecule is CN(CCC(O)c1ccccc1)CC1CCCO1. The number of hydrogen-bond donors (Lipinski definition) is 1. The Morgan fingerprint density at radius 3 is 2.83 bits per heavy atom. The Morgan fingerprint density at radius 1 is 1.39 bits per heavy atom. The van der Waals surface area contributed by atoms with Crippen LogP contribution in [0.1, 0.15) is 30.9 Å². The van der Waals surface area contributed by atoms with Crippen molar-refractivity contribution >= 4 is 0 Å². The van der Waals surface area contributed by atoms with Crippen LogP contribution in [0.5, 0.6) is 0 Å². The number of aliphatic hydroxyl groups is 1. The van der Waals surface area contributed by atoms with Gasteiger partial charge < -0.3 is 14.7 Å². The molecule has 1 N–H and O–H groups in total. The van der Waals surface area contributed by atoms with E-state index in [2.05, 4.69) is 11.9 Å². The van der Waals surface area contributed by atoms with Gasteiger partial charge in [0.15, 0.2) is 0 Å². The van der Waals surface area contributed by atoms with Crippen molar-refractivity contribution in [2.45, 2.75) is 31.5 Å². The highest BCUT2D eigenvalue weighted by molar-refractivity contribution is 5.17. The predicted molar refractivity (Wildman–Crippen MR) is 72.5 cm³/mol. The molecule has 1 aliphatic heterocycles. The fourth-order valence-electron chi connectivity index (χ4n) is 2.41. The fraction of sp³-hybridized carbons (Fsp3) is 0.600. The minimum Gasteiger partial charge on any atom is -0.388 e. The summed E-state index contributed by atoms with van der Waals surface area (Å²) < 4.78 is 5.61. The second-order valence-electron chi connectivity index (χ2n) is 5.11. The van der Waals surface area contributed by atoms with Gasteiger partial charge in [-0.3, -0.25) is 0 Å². The zero-order valence-electron chi connectivity index (χ0n) is 11.1. The highest BCUT2D eigenvalue weighted by atomic mass is 16.5. The minimum atomic E-state index is -0.363. The summed E-state index contributed by atoms with van der Waals surface area (Å²) in [5.41, 5.74) is 1.00. The van der Waals surface area contributed by atoms with Gasteiger partial charge in [-0.1, -0.05) is 30.3 Å². The Bertz CT molecular complexity index is 336. The molecular weight excluding hydrogens is 226 g/mol. The fourth-order valence-corrected chi connectivity index (χ4v) is 2.41. The molecule has 0 spiro atoms. The third-order valence-electron chi connectivity index (χ3n) is 3.51. The maximum Gasteiger partial charge on any atom is 0.0802 e.